The van der Waals surface area contributed by atoms with Crippen molar-refractivity contribution in [1.29, 1.82) is 0 Å². The molecule has 0 amide bonds. The van der Waals surface area contributed by atoms with Gasteiger partial charge in [-0.1, -0.05) is 0 Å². The molecule has 1 saturated heterocycles. The van der Waals surface area contributed by atoms with Crippen LogP contribution >= 0.6 is 24.0 Å². The minimum atomic E-state index is 0.639. The number of hydrogen-bond donors (Lipinski definition) is 1. The standard InChI is InChI=1S/C9H14N2S2/c1-7-6-10-9(12)11(7)8-2-4-13-5-3-8/h6,8H,2-5H2,1H3,(H,10,12). The number of aryl methyl sites for hydroxylation is 1. The average Bonchev–Trinajstić information content (AvgIpc) is 2.48. The molecule has 1 aromatic heterocycles. The summed E-state index contributed by atoms with van der Waals surface area (Å²) in [5.74, 6) is 2.55. The van der Waals surface area contributed by atoms with E-state index in [4.69, 9.17) is 12.2 Å². The predicted octanol–water partition coefficient (Wildman–Crippen LogP) is 2.92. The number of thioether (sulfide) groups is 1. The highest BCUT2D eigenvalue weighted by molar-refractivity contribution is 7.99. The zero-order valence-corrected chi connectivity index (χ0v) is 9.38. The first-order valence-electron chi connectivity index (χ1n) is 4.63. The Labute approximate surface area is 87.7 Å². The van der Waals surface area contributed by atoms with Gasteiger partial charge in [0, 0.05) is 17.9 Å². The van der Waals surface area contributed by atoms with Crippen LogP contribution in [0.1, 0.15) is 24.6 Å². The first-order valence-corrected chi connectivity index (χ1v) is 6.19. The van der Waals surface area contributed by atoms with Gasteiger partial charge in [0.05, 0.1) is 0 Å². The molecule has 1 aromatic rings. The van der Waals surface area contributed by atoms with Crippen LogP contribution in [-0.2, 0) is 0 Å². The number of nitrogens with zero attached hydrogens (tertiary/aromatic N) is 1. The van der Waals surface area contributed by atoms with Crippen molar-refractivity contribution in [3.8, 4) is 0 Å². The predicted molar refractivity (Wildman–Crippen MR) is 59.9 cm³/mol. The van der Waals surface area contributed by atoms with E-state index in [0.29, 0.717) is 6.04 Å². The van der Waals surface area contributed by atoms with E-state index in [9.17, 15) is 0 Å². The van der Waals surface area contributed by atoms with Gasteiger partial charge in [-0.15, -0.1) is 0 Å². The fourth-order valence-electron chi connectivity index (χ4n) is 1.86. The second-order valence-corrected chi connectivity index (χ2v) is 5.06. The molecule has 0 bridgehead atoms. The number of imidazole rings is 1. The largest absolute Gasteiger partial charge is 0.337 e. The van der Waals surface area contributed by atoms with Crippen LogP contribution < -0.4 is 0 Å². The smallest absolute Gasteiger partial charge is 0.177 e. The van der Waals surface area contributed by atoms with Gasteiger partial charge in [-0.05, 0) is 43.5 Å². The lowest BCUT2D eigenvalue weighted by Crippen LogP contribution is -2.16. The molecular weight excluding hydrogens is 200 g/mol. The van der Waals surface area contributed by atoms with Crippen LogP contribution in [0, 0.1) is 11.7 Å². The second kappa shape index (κ2) is 3.88. The molecule has 2 rings (SSSR count). The summed E-state index contributed by atoms with van der Waals surface area (Å²) in [6.45, 7) is 2.12. The Bertz CT molecular complexity index is 334. The van der Waals surface area contributed by atoms with E-state index in [1.54, 1.807) is 0 Å². The summed E-state index contributed by atoms with van der Waals surface area (Å²) in [7, 11) is 0. The minimum Gasteiger partial charge on any atom is -0.337 e. The van der Waals surface area contributed by atoms with Crippen molar-refractivity contribution in [1.82, 2.24) is 9.55 Å². The van der Waals surface area contributed by atoms with Crippen molar-refractivity contribution in [2.75, 3.05) is 11.5 Å². The van der Waals surface area contributed by atoms with E-state index in [1.165, 1.54) is 30.0 Å². The first-order chi connectivity index (χ1) is 6.29. The zero-order valence-electron chi connectivity index (χ0n) is 7.75. The van der Waals surface area contributed by atoms with Crippen molar-refractivity contribution in [2.24, 2.45) is 0 Å². The van der Waals surface area contributed by atoms with E-state index in [-0.39, 0.29) is 0 Å². The molecule has 2 nitrogen and oxygen atoms in total. The van der Waals surface area contributed by atoms with Gasteiger partial charge in [0.2, 0.25) is 0 Å². The lowest BCUT2D eigenvalue weighted by atomic mass is 10.1. The highest BCUT2D eigenvalue weighted by atomic mass is 32.2. The number of H-pyrrole nitrogens is 1. The molecule has 0 aliphatic carbocycles. The fourth-order valence-corrected chi connectivity index (χ4v) is 3.30. The fraction of sp³-hybridized carbons (Fsp3) is 0.667. The summed E-state index contributed by atoms with van der Waals surface area (Å²) in [6, 6.07) is 0.639. The molecule has 0 aromatic carbocycles. The van der Waals surface area contributed by atoms with Gasteiger partial charge in [-0.3, -0.25) is 0 Å². The minimum absolute atomic E-state index is 0.639. The summed E-state index contributed by atoms with van der Waals surface area (Å²) >= 11 is 7.30. The van der Waals surface area contributed by atoms with Crippen LogP contribution in [0.5, 0.6) is 0 Å². The van der Waals surface area contributed by atoms with Crippen LogP contribution in [-0.4, -0.2) is 21.1 Å². The van der Waals surface area contributed by atoms with Crippen LogP contribution in [0.2, 0.25) is 0 Å². The van der Waals surface area contributed by atoms with E-state index in [2.05, 4.69) is 28.2 Å². The highest BCUT2D eigenvalue weighted by Crippen LogP contribution is 2.28. The Morgan fingerprint density at radius 1 is 1.54 bits per heavy atom. The zero-order chi connectivity index (χ0) is 9.26. The molecule has 0 atom stereocenters. The summed E-state index contributed by atoms with van der Waals surface area (Å²) in [5.41, 5.74) is 1.27. The van der Waals surface area contributed by atoms with Crippen molar-refractivity contribution >= 4 is 24.0 Å². The molecule has 0 saturated carbocycles. The highest BCUT2D eigenvalue weighted by Gasteiger charge is 2.17. The van der Waals surface area contributed by atoms with Crippen molar-refractivity contribution in [3.63, 3.8) is 0 Å². The molecule has 0 radical (unpaired) electrons. The van der Waals surface area contributed by atoms with Crippen LogP contribution in [0.4, 0.5) is 0 Å². The normalized spacial score (nSPS) is 19.2. The maximum absolute atomic E-state index is 5.25. The summed E-state index contributed by atoms with van der Waals surface area (Å²) in [5, 5.41) is 0. The number of nitrogens with one attached hydrogen (secondary N) is 1. The molecule has 1 N–H and O–H groups in total. The monoisotopic (exact) mass is 214 g/mol. The third kappa shape index (κ3) is 1.83. The van der Waals surface area contributed by atoms with Crippen LogP contribution in [0.25, 0.3) is 0 Å². The Balaban J connectivity index is 2.27. The Kier molecular flexibility index (Phi) is 2.79. The van der Waals surface area contributed by atoms with E-state index < -0.39 is 0 Å². The quantitative estimate of drug-likeness (QED) is 0.726. The van der Waals surface area contributed by atoms with Crippen molar-refractivity contribution in [2.45, 2.75) is 25.8 Å². The first kappa shape index (κ1) is 9.34. The maximum atomic E-state index is 5.25. The van der Waals surface area contributed by atoms with Crippen LogP contribution in [0.15, 0.2) is 6.20 Å². The van der Waals surface area contributed by atoms with Gasteiger partial charge >= 0.3 is 0 Å². The molecule has 0 unspecified atom stereocenters. The van der Waals surface area contributed by atoms with E-state index in [1.807, 2.05) is 6.20 Å². The molecule has 72 valence electrons. The third-order valence-corrected chi connectivity index (χ3v) is 3.92. The van der Waals surface area contributed by atoms with Gasteiger partial charge in [0.15, 0.2) is 4.77 Å². The third-order valence-electron chi connectivity index (χ3n) is 2.56. The van der Waals surface area contributed by atoms with Crippen LogP contribution in [0.3, 0.4) is 0 Å². The molecular formula is C9H14N2S2. The lowest BCUT2D eigenvalue weighted by Gasteiger charge is -2.23. The molecule has 1 aliphatic rings. The maximum Gasteiger partial charge on any atom is 0.177 e. The molecule has 1 fully saturated rings. The van der Waals surface area contributed by atoms with Gasteiger partial charge < -0.3 is 9.55 Å². The summed E-state index contributed by atoms with van der Waals surface area (Å²) < 4.78 is 3.16. The second-order valence-electron chi connectivity index (χ2n) is 3.45. The Morgan fingerprint density at radius 2 is 2.23 bits per heavy atom. The number of aromatic nitrogens is 2. The van der Waals surface area contributed by atoms with Gasteiger partial charge in [-0.25, -0.2) is 0 Å². The topological polar surface area (TPSA) is 20.7 Å². The average molecular weight is 214 g/mol. The van der Waals surface area contributed by atoms with Crippen molar-refractivity contribution < 1.29 is 0 Å². The number of hydrogen-bond acceptors (Lipinski definition) is 2. The molecule has 13 heavy (non-hydrogen) atoms. The molecule has 2 heterocycles. The number of aromatic amines is 1. The van der Waals surface area contributed by atoms with Crippen molar-refractivity contribution in [3.05, 3.63) is 16.7 Å². The lowest BCUT2D eigenvalue weighted by molar-refractivity contribution is 0.456. The molecule has 4 heteroatoms. The van der Waals surface area contributed by atoms with Gasteiger partial charge in [-0.2, -0.15) is 11.8 Å². The van der Waals surface area contributed by atoms with Gasteiger partial charge in [0.25, 0.3) is 0 Å². The summed E-state index contributed by atoms with van der Waals surface area (Å²) in [6.07, 6.45) is 4.53. The molecule has 1 aliphatic heterocycles. The summed E-state index contributed by atoms with van der Waals surface area (Å²) in [4.78, 5) is 3.11. The number of rotatable bonds is 1. The van der Waals surface area contributed by atoms with E-state index in [0.717, 1.165) is 4.77 Å². The molecule has 0 spiro atoms. The van der Waals surface area contributed by atoms with Gasteiger partial charge in [0.1, 0.15) is 0 Å². The Hall–Kier alpha value is -0.220. The Morgan fingerprint density at radius 3 is 2.77 bits per heavy atom. The SMILES string of the molecule is Cc1c[nH]c(=S)n1C1CCSCC1. The van der Waals surface area contributed by atoms with E-state index >= 15 is 0 Å².